The summed E-state index contributed by atoms with van der Waals surface area (Å²) in [4.78, 5) is 12.0. The van der Waals surface area contributed by atoms with Crippen molar-refractivity contribution in [3.63, 3.8) is 0 Å². The Balaban J connectivity index is 2.54. The molecule has 100 valence electrons. The Hall–Kier alpha value is -1.04. The summed E-state index contributed by atoms with van der Waals surface area (Å²) in [7, 11) is 0. The molecule has 0 saturated carbocycles. The fourth-order valence-electron chi connectivity index (χ4n) is 1.69. The number of carbonyl (C=O) groups excluding carboxylic acids is 1. The number of rotatable bonds is 3. The topological polar surface area (TPSA) is 52.3 Å². The van der Waals surface area contributed by atoms with Crippen molar-refractivity contribution < 1.29 is 9.53 Å². The molecule has 0 amide bonds. The predicted molar refractivity (Wildman–Crippen MR) is 82.8 cm³/mol. The van der Waals surface area contributed by atoms with Gasteiger partial charge in [0.1, 0.15) is 10.6 Å². The molecule has 2 rings (SSSR count). The summed E-state index contributed by atoms with van der Waals surface area (Å²) in [6.45, 7) is 2.06. The van der Waals surface area contributed by atoms with Crippen molar-refractivity contribution in [1.29, 1.82) is 0 Å². The Morgan fingerprint density at radius 2 is 2.21 bits per heavy atom. The number of carbonyl (C=O) groups is 1. The van der Waals surface area contributed by atoms with Crippen molar-refractivity contribution in [2.24, 2.45) is 0 Å². The number of benzene rings is 1. The maximum absolute atomic E-state index is 12.0. The van der Waals surface area contributed by atoms with E-state index < -0.39 is 5.97 Å². The first kappa shape index (κ1) is 14.4. The molecule has 2 N–H and O–H groups in total. The molecule has 0 aliphatic rings. The van der Waals surface area contributed by atoms with Gasteiger partial charge in [0.05, 0.1) is 6.61 Å². The molecule has 3 nitrogen and oxygen atoms in total. The van der Waals surface area contributed by atoms with Gasteiger partial charge in [-0.25, -0.2) is 4.79 Å². The Morgan fingerprint density at radius 1 is 1.47 bits per heavy atom. The molecule has 0 bridgehead atoms. The maximum atomic E-state index is 12.0. The minimum Gasteiger partial charge on any atom is -0.462 e. The van der Waals surface area contributed by atoms with Crippen molar-refractivity contribution in [1.82, 2.24) is 0 Å². The van der Waals surface area contributed by atoms with Gasteiger partial charge >= 0.3 is 5.97 Å². The zero-order valence-corrected chi connectivity index (χ0v) is 13.2. The van der Waals surface area contributed by atoms with Gasteiger partial charge in [-0.05, 0) is 19.1 Å². The molecule has 1 heterocycles. The highest BCUT2D eigenvalue weighted by molar-refractivity contribution is 9.10. The highest BCUT2D eigenvalue weighted by Crippen LogP contribution is 2.38. The molecule has 0 spiro atoms. The number of nitrogen functional groups attached to an aromatic ring is 1. The van der Waals surface area contributed by atoms with Crippen LogP contribution in [0.1, 0.15) is 17.3 Å². The van der Waals surface area contributed by atoms with E-state index in [0.717, 1.165) is 10.0 Å². The van der Waals surface area contributed by atoms with Crippen LogP contribution in [0.15, 0.2) is 28.1 Å². The van der Waals surface area contributed by atoms with Crippen LogP contribution in [-0.4, -0.2) is 12.6 Å². The third-order valence-corrected chi connectivity index (χ3v) is 4.14. The number of hydrogen-bond acceptors (Lipinski definition) is 4. The van der Waals surface area contributed by atoms with Gasteiger partial charge < -0.3 is 10.5 Å². The van der Waals surface area contributed by atoms with Crippen LogP contribution in [0.3, 0.4) is 0 Å². The summed E-state index contributed by atoms with van der Waals surface area (Å²) < 4.78 is 5.91. The Kier molecular flexibility index (Phi) is 4.50. The van der Waals surface area contributed by atoms with E-state index in [2.05, 4.69) is 15.9 Å². The van der Waals surface area contributed by atoms with Crippen molar-refractivity contribution in [2.75, 3.05) is 12.3 Å². The lowest BCUT2D eigenvalue weighted by Gasteiger charge is -2.07. The van der Waals surface area contributed by atoms with Crippen LogP contribution in [0.2, 0.25) is 5.02 Å². The van der Waals surface area contributed by atoms with Gasteiger partial charge in [0, 0.05) is 26.0 Å². The van der Waals surface area contributed by atoms with Crippen LogP contribution in [-0.2, 0) is 4.74 Å². The van der Waals surface area contributed by atoms with E-state index >= 15 is 0 Å². The number of anilines is 1. The number of ether oxygens (including phenoxy) is 1. The first-order valence-corrected chi connectivity index (χ1v) is 7.59. The normalized spacial score (nSPS) is 10.5. The number of esters is 1. The standard InChI is InChI=1S/C13H11BrClNO2S/c1-2-18-13(17)11-9(6-19-12(11)16)8-4-3-7(14)5-10(8)15/h3-6H,2,16H2,1H3. The van der Waals surface area contributed by atoms with Gasteiger partial charge in [-0.2, -0.15) is 0 Å². The largest absolute Gasteiger partial charge is 0.462 e. The Bertz CT molecular complexity index is 627. The fraction of sp³-hybridized carbons (Fsp3) is 0.154. The van der Waals surface area contributed by atoms with Crippen LogP contribution >= 0.6 is 38.9 Å². The van der Waals surface area contributed by atoms with E-state index in [0.29, 0.717) is 27.8 Å². The average molecular weight is 361 g/mol. The van der Waals surface area contributed by atoms with Gasteiger partial charge in [-0.1, -0.05) is 33.6 Å². The Morgan fingerprint density at radius 3 is 2.84 bits per heavy atom. The minimum absolute atomic E-state index is 0.307. The number of thiophene rings is 1. The quantitative estimate of drug-likeness (QED) is 0.814. The molecule has 0 unspecified atom stereocenters. The third-order valence-electron chi connectivity index (χ3n) is 2.52. The summed E-state index contributed by atoms with van der Waals surface area (Å²) >= 11 is 10.9. The summed E-state index contributed by atoms with van der Waals surface area (Å²) in [5.41, 5.74) is 7.71. The van der Waals surface area contributed by atoms with E-state index in [4.69, 9.17) is 22.1 Å². The lowest BCUT2D eigenvalue weighted by atomic mass is 10.0. The smallest absolute Gasteiger partial charge is 0.341 e. The highest BCUT2D eigenvalue weighted by atomic mass is 79.9. The summed E-state index contributed by atoms with van der Waals surface area (Å²) in [5, 5.41) is 2.81. The maximum Gasteiger partial charge on any atom is 0.341 e. The first-order valence-electron chi connectivity index (χ1n) is 5.54. The molecule has 19 heavy (non-hydrogen) atoms. The lowest BCUT2D eigenvalue weighted by molar-refractivity contribution is 0.0529. The van der Waals surface area contributed by atoms with E-state index in [-0.39, 0.29) is 0 Å². The van der Waals surface area contributed by atoms with E-state index in [1.807, 2.05) is 17.5 Å². The second kappa shape index (κ2) is 5.94. The van der Waals surface area contributed by atoms with Crippen LogP contribution in [0.4, 0.5) is 5.00 Å². The van der Waals surface area contributed by atoms with Gasteiger partial charge in [-0.3, -0.25) is 0 Å². The molecule has 0 aliphatic carbocycles. The molecule has 1 aromatic heterocycles. The average Bonchev–Trinajstić information content (AvgIpc) is 2.71. The van der Waals surface area contributed by atoms with E-state index in [9.17, 15) is 4.79 Å². The van der Waals surface area contributed by atoms with Gasteiger partial charge in [0.15, 0.2) is 0 Å². The predicted octanol–water partition coefficient (Wildman–Crippen LogP) is 4.59. The van der Waals surface area contributed by atoms with Crippen LogP contribution in [0.25, 0.3) is 11.1 Å². The second-order valence-electron chi connectivity index (χ2n) is 3.73. The van der Waals surface area contributed by atoms with E-state index in [1.54, 1.807) is 13.0 Å². The van der Waals surface area contributed by atoms with Gasteiger partial charge in [-0.15, -0.1) is 11.3 Å². The summed E-state index contributed by atoms with van der Waals surface area (Å²) in [6, 6.07) is 5.49. The number of hydrogen-bond donors (Lipinski definition) is 1. The van der Waals surface area contributed by atoms with Crippen LogP contribution < -0.4 is 5.73 Å². The fourth-order valence-corrected chi connectivity index (χ4v) is 3.27. The number of halogens is 2. The van der Waals surface area contributed by atoms with Crippen LogP contribution in [0.5, 0.6) is 0 Å². The minimum atomic E-state index is -0.421. The molecule has 1 aromatic carbocycles. The van der Waals surface area contributed by atoms with E-state index in [1.165, 1.54) is 11.3 Å². The third kappa shape index (κ3) is 2.94. The lowest BCUT2D eigenvalue weighted by Crippen LogP contribution is -2.07. The zero-order chi connectivity index (χ0) is 14.0. The van der Waals surface area contributed by atoms with Crippen LogP contribution in [0, 0.1) is 0 Å². The molecule has 6 heteroatoms. The second-order valence-corrected chi connectivity index (χ2v) is 5.97. The molecule has 0 aliphatic heterocycles. The van der Waals surface area contributed by atoms with Crippen molar-refractivity contribution in [2.45, 2.75) is 6.92 Å². The SMILES string of the molecule is CCOC(=O)c1c(-c2ccc(Br)cc2Cl)csc1N. The summed E-state index contributed by atoms with van der Waals surface area (Å²) in [5.74, 6) is -0.421. The Labute approximate surface area is 128 Å². The molecule has 0 fully saturated rings. The molecule has 0 radical (unpaired) electrons. The van der Waals surface area contributed by atoms with Crippen molar-refractivity contribution in [3.8, 4) is 11.1 Å². The summed E-state index contributed by atoms with van der Waals surface area (Å²) in [6.07, 6.45) is 0. The van der Waals surface area contributed by atoms with Crippen molar-refractivity contribution >= 4 is 49.8 Å². The van der Waals surface area contributed by atoms with Crippen molar-refractivity contribution in [3.05, 3.63) is 38.6 Å². The molecular formula is C13H11BrClNO2S. The zero-order valence-electron chi connectivity index (χ0n) is 10.1. The molecular weight excluding hydrogens is 350 g/mol. The number of nitrogens with two attached hydrogens (primary N) is 1. The van der Waals surface area contributed by atoms with Gasteiger partial charge in [0.2, 0.25) is 0 Å². The van der Waals surface area contributed by atoms with Gasteiger partial charge in [0.25, 0.3) is 0 Å². The molecule has 2 aromatic rings. The first-order chi connectivity index (χ1) is 9.04. The molecule has 0 saturated heterocycles. The monoisotopic (exact) mass is 359 g/mol. The highest BCUT2D eigenvalue weighted by Gasteiger charge is 2.21. The molecule has 0 atom stereocenters.